The van der Waals surface area contributed by atoms with E-state index in [1.807, 2.05) is 31.3 Å². The molecule has 1 unspecified atom stereocenters. The fraction of sp³-hybridized carbons (Fsp3) is 0.385. The molecule has 0 saturated carbocycles. The maximum atomic E-state index is 12.4. The Bertz CT molecular complexity index is 607. The quantitative estimate of drug-likeness (QED) is 0.739. The zero-order valence-corrected chi connectivity index (χ0v) is 10.9. The van der Waals surface area contributed by atoms with Crippen LogP contribution < -0.4 is 0 Å². The van der Waals surface area contributed by atoms with Gasteiger partial charge in [-0.2, -0.15) is 5.10 Å². The van der Waals surface area contributed by atoms with E-state index in [-0.39, 0.29) is 11.3 Å². The Hall–Kier alpha value is -1.55. The SMILES string of the molecule is Cn1nc(C(=O)N2CCC(Cl)C2)c2ccccc21. The summed E-state index contributed by atoms with van der Waals surface area (Å²) >= 11 is 6.04. The fourth-order valence-corrected chi connectivity index (χ4v) is 2.69. The first-order chi connectivity index (χ1) is 8.66. The van der Waals surface area contributed by atoms with Crippen LogP contribution in [0.15, 0.2) is 24.3 Å². The average Bonchev–Trinajstić information content (AvgIpc) is 2.94. The van der Waals surface area contributed by atoms with Crippen molar-refractivity contribution in [2.75, 3.05) is 13.1 Å². The molecular formula is C13H14ClN3O. The number of carbonyl (C=O) groups excluding carboxylic acids is 1. The number of carbonyl (C=O) groups is 1. The topological polar surface area (TPSA) is 38.1 Å². The van der Waals surface area contributed by atoms with Gasteiger partial charge in [0.25, 0.3) is 5.91 Å². The predicted molar refractivity (Wildman–Crippen MR) is 70.9 cm³/mol. The van der Waals surface area contributed by atoms with Crippen LogP contribution in [0.25, 0.3) is 10.9 Å². The second-order valence-electron chi connectivity index (χ2n) is 4.63. The first kappa shape index (κ1) is 11.5. The van der Waals surface area contributed by atoms with E-state index in [1.54, 1.807) is 9.58 Å². The van der Waals surface area contributed by atoms with Crippen LogP contribution in [0.3, 0.4) is 0 Å². The van der Waals surface area contributed by atoms with Gasteiger partial charge in [0.1, 0.15) is 0 Å². The minimum atomic E-state index is -0.0186. The number of likely N-dealkylation sites (tertiary alicyclic amines) is 1. The third kappa shape index (κ3) is 1.77. The van der Waals surface area contributed by atoms with Gasteiger partial charge in [-0.1, -0.05) is 18.2 Å². The number of aromatic nitrogens is 2. The van der Waals surface area contributed by atoms with Crippen molar-refractivity contribution in [3.05, 3.63) is 30.0 Å². The number of aryl methyl sites for hydroxylation is 1. The van der Waals surface area contributed by atoms with Gasteiger partial charge >= 0.3 is 0 Å². The number of hydrogen-bond donors (Lipinski definition) is 0. The van der Waals surface area contributed by atoms with Gasteiger partial charge in [0.2, 0.25) is 0 Å². The lowest BCUT2D eigenvalue weighted by molar-refractivity contribution is 0.0788. The molecule has 2 aromatic rings. The summed E-state index contributed by atoms with van der Waals surface area (Å²) in [6.45, 7) is 1.34. The highest BCUT2D eigenvalue weighted by Gasteiger charge is 2.28. The molecule has 1 fully saturated rings. The molecule has 4 nitrogen and oxygen atoms in total. The Morgan fingerprint density at radius 1 is 1.44 bits per heavy atom. The monoisotopic (exact) mass is 263 g/mol. The summed E-state index contributed by atoms with van der Waals surface area (Å²) in [6, 6.07) is 7.77. The van der Waals surface area contributed by atoms with E-state index in [0.29, 0.717) is 12.2 Å². The van der Waals surface area contributed by atoms with E-state index >= 15 is 0 Å². The fourth-order valence-electron chi connectivity index (χ4n) is 2.42. The predicted octanol–water partition coefficient (Wildman–Crippen LogP) is 2.03. The van der Waals surface area contributed by atoms with Crippen LogP contribution in [-0.4, -0.2) is 39.1 Å². The molecular weight excluding hydrogens is 250 g/mol. The summed E-state index contributed by atoms with van der Waals surface area (Å²) in [5, 5.41) is 5.32. The standard InChI is InChI=1S/C13H14ClN3O/c1-16-11-5-3-2-4-10(11)12(15-16)13(18)17-7-6-9(14)8-17/h2-5,9H,6-8H2,1H3. The third-order valence-electron chi connectivity index (χ3n) is 3.38. The van der Waals surface area contributed by atoms with Gasteiger partial charge in [-0.25, -0.2) is 0 Å². The Kier molecular flexibility index (Phi) is 2.74. The molecule has 0 radical (unpaired) electrons. The number of nitrogens with zero attached hydrogens (tertiary/aromatic N) is 3. The molecule has 0 aliphatic carbocycles. The highest BCUT2D eigenvalue weighted by molar-refractivity contribution is 6.21. The molecule has 0 spiro atoms. The summed E-state index contributed by atoms with van der Waals surface area (Å²) < 4.78 is 1.75. The summed E-state index contributed by atoms with van der Waals surface area (Å²) in [5.41, 5.74) is 1.50. The molecule has 0 N–H and O–H groups in total. The van der Waals surface area contributed by atoms with E-state index in [9.17, 15) is 4.79 Å². The Morgan fingerprint density at radius 2 is 2.22 bits per heavy atom. The summed E-state index contributed by atoms with van der Waals surface area (Å²) in [4.78, 5) is 14.2. The lowest BCUT2D eigenvalue weighted by Gasteiger charge is -2.13. The molecule has 3 rings (SSSR count). The maximum Gasteiger partial charge on any atom is 0.275 e. The molecule has 1 aliphatic rings. The van der Waals surface area contributed by atoms with E-state index in [1.165, 1.54) is 0 Å². The molecule has 1 amide bonds. The zero-order valence-electron chi connectivity index (χ0n) is 10.1. The van der Waals surface area contributed by atoms with E-state index in [4.69, 9.17) is 11.6 Å². The summed E-state index contributed by atoms with van der Waals surface area (Å²) in [7, 11) is 1.85. The molecule has 2 heterocycles. The van der Waals surface area contributed by atoms with Gasteiger partial charge in [-0.3, -0.25) is 9.48 Å². The van der Waals surface area contributed by atoms with E-state index in [0.717, 1.165) is 23.9 Å². The van der Waals surface area contributed by atoms with Crippen LogP contribution in [-0.2, 0) is 7.05 Å². The van der Waals surface area contributed by atoms with Gasteiger partial charge in [0.05, 0.1) is 10.9 Å². The molecule has 0 bridgehead atoms. The van der Waals surface area contributed by atoms with Crippen molar-refractivity contribution >= 4 is 28.4 Å². The normalized spacial score (nSPS) is 19.7. The number of fused-ring (bicyclic) bond motifs is 1. The van der Waals surface area contributed by atoms with E-state index in [2.05, 4.69) is 5.10 Å². The lowest BCUT2D eigenvalue weighted by atomic mass is 10.2. The van der Waals surface area contributed by atoms with Crippen LogP contribution >= 0.6 is 11.6 Å². The van der Waals surface area contributed by atoms with Crippen molar-refractivity contribution in [2.24, 2.45) is 7.05 Å². The first-order valence-electron chi connectivity index (χ1n) is 6.02. The second kappa shape index (κ2) is 4.28. The highest BCUT2D eigenvalue weighted by Crippen LogP contribution is 2.22. The van der Waals surface area contributed by atoms with Crippen LogP contribution in [0.4, 0.5) is 0 Å². The van der Waals surface area contributed by atoms with Crippen LogP contribution in [0, 0.1) is 0 Å². The smallest absolute Gasteiger partial charge is 0.275 e. The van der Waals surface area contributed by atoms with Gasteiger partial charge in [-0.15, -0.1) is 11.6 Å². The summed E-state index contributed by atoms with van der Waals surface area (Å²) in [5.74, 6) is -0.0186. The number of benzene rings is 1. The van der Waals surface area contributed by atoms with Crippen molar-refractivity contribution in [1.82, 2.24) is 14.7 Å². The van der Waals surface area contributed by atoms with Gasteiger partial charge in [-0.05, 0) is 12.5 Å². The zero-order chi connectivity index (χ0) is 12.7. The van der Waals surface area contributed by atoms with Crippen LogP contribution in [0.2, 0.25) is 0 Å². The molecule has 1 aromatic carbocycles. The Morgan fingerprint density at radius 3 is 2.94 bits per heavy atom. The summed E-state index contributed by atoms with van der Waals surface area (Å²) in [6.07, 6.45) is 0.859. The van der Waals surface area contributed by atoms with Crippen molar-refractivity contribution in [3.63, 3.8) is 0 Å². The van der Waals surface area contributed by atoms with Gasteiger partial charge in [0, 0.05) is 25.5 Å². The lowest BCUT2D eigenvalue weighted by Crippen LogP contribution is -2.29. The number of para-hydroxylation sites is 1. The largest absolute Gasteiger partial charge is 0.336 e. The number of halogens is 1. The number of alkyl halides is 1. The van der Waals surface area contributed by atoms with Crippen molar-refractivity contribution in [3.8, 4) is 0 Å². The molecule has 1 saturated heterocycles. The van der Waals surface area contributed by atoms with Crippen LogP contribution in [0.1, 0.15) is 16.9 Å². The Labute approximate surface area is 110 Å². The molecule has 1 atom stereocenters. The second-order valence-corrected chi connectivity index (χ2v) is 5.24. The maximum absolute atomic E-state index is 12.4. The third-order valence-corrected chi connectivity index (χ3v) is 3.73. The number of hydrogen-bond acceptors (Lipinski definition) is 2. The average molecular weight is 264 g/mol. The number of amides is 1. The highest BCUT2D eigenvalue weighted by atomic mass is 35.5. The molecule has 5 heteroatoms. The first-order valence-corrected chi connectivity index (χ1v) is 6.45. The molecule has 1 aliphatic heterocycles. The van der Waals surface area contributed by atoms with E-state index < -0.39 is 0 Å². The number of rotatable bonds is 1. The van der Waals surface area contributed by atoms with Gasteiger partial charge in [0.15, 0.2) is 5.69 Å². The minimum Gasteiger partial charge on any atom is -0.336 e. The van der Waals surface area contributed by atoms with Crippen LogP contribution in [0.5, 0.6) is 0 Å². The van der Waals surface area contributed by atoms with Gasteiger partial charge < -0.3 is 4.90 Å². The minimum absolute atomic E-state index is 0.0186. The Balaban J connectivity index is 2.02. The van der Waals surface area contributed by atoms with Crippen molar-refractivity contribution in [2.45, 2.75) is 11.8 Å². The molecule has 94 valence electrons. The molecule has 18 heavy (non-hydrogen) atoms. The van der Waals surface area contributed by atoms with Crippen molar-refractivity contribution < 1.29 is 4.79 Å². The van der Waals surface area contributed by atoms with Crippen molar-refractivity contribution in [1.29, 1.82) is 0 Å². The molecule has 1 aromatic heterocycles.